The van der Waals surface area contributed by atoms with Crippen LogP contribution >= 0.6 is 11.6 Å². The van der Waals surface area contributed by atoms with E-state index >= 15 is 0 Å². The molecule has 0 bridgehead atoms. The number of benzene rings is 1. The molecule has 3 aromatic rings. The molecule has 4 atom stereocenters. The molecule has 0 spiro atoms. The quantitative estimate of drug-likeness (QED) is 0.535. The third-order valence-corrected chi connectivity index (χ3v) is 5.81. The van der Waals surface area contributed by atoms with Gasteiger partial charge in [-0.3, -0.25) is 0 Å². The highest BCUT2D eigenvalue weighted by atomic mass is 35.5. The lowest BCUT2D eigenvalue weighted by Crippen LogP contribution is -2.34. The van der Waals surface area contributed by atoms with Crippen LogP contribution < -0.4 is 8.92 Å². The maximum Gasteiger partial charge on any atom is 0.306 e. The van der Waals surface area contributed by atoms with Crippen LogP contribution in [0.15, 0.2) is 30.3 Å². The molecule has 2 saturated heterocycles. The number of rotatable bonds is 5. The number of nitrogens with zero attached hydrogens (tertiary/aromatic N) is 2. The summed E-state index contributed by atoms with van der Waals surface area (Å²) in [7, 11) is -3.61. The van der Waals surface area contributed by atoms with Gasteiger partial charge in [0.25, 0.3) is 6.01 Å². The van der Waals surface area contributed by atoms with E-state index in [1.54, 1.807) is 18.2 Å². The van der Waals surface area contributed by atoms with Crippen LogP contribution in [0, 0.1) is 0 Å². The Bertz CT molecular complexity index is 1230. The van der Waals surface area contributed by atoms with Crippen molar-refractivity contribution in [2.75, 3.05) is 19.5 Å². The molecule has 0 aliphatic carbocycles. The summed E-state index contributed by atoms with van der Waals surface area (Å²) in [5.74, 6) is 0.190. The first-order valence-electron chi connectivity index (χ1n) is 9.41. The highest BCUT2D eigenvalue weighted by Crippen LogP contribution is 2.32. The lowest BCUT2D eigenvalue weighted by Gasteiger charge is -2.15. The van der Waals surface area contributed by atoms with E-state index in [-0.39, 0.29) is 31.1 Å². The Morgan fingerprint density at radius 3 is 2.65 bits per heavy atom. The van der Waals surface area contributed by atoms with Crippen LogP contribution in [0.4, 0.5) is 0 Å². The number of halogens is 1. The molecule has 0 radical (unpaired) electrons. The van der Waals surface area contributed by atoms with Crippen LogP contribution in [0.5, 0.6) is 11.8 Å². The summed E-state index contributed by atoms with van der Waals surface area (Å²) in [4.78, 5) is 11.9. The van der Waals surface area contributed by atoms with Crippen LogP contribution in [0.1, 0.15) is 0 Å². The number of aliphatic hydroxyl groups is 1. The first kappa shape index (κ1) is 20.5. The number of ether oxygens (including phenoxy) is 3. The molecule has 2 fully saturated rings. The van der Waals surface area contributed by atoms with Gasteiger partial charge in [0.2, 0.25) is 0 Å². The molecule has 0 saturated carbocycles. The molecule has 10 nitrogen and oxygen atoms in total. The second-order valence-electron chi connectivity index (χ2n) is 7.36. The molecule has 0 amide bonds. The summed E-state index contributed by atoms with van der Waals surface area (Å²) in [5, 5.41) is 10.2. The summed E-state index contributed by atoms with van der Waals surface area (Å²) in [5.41, 5.74) is 2.13. The van der Waals surface area contributed by atoms with Gasteiger partial charge in [-0.1, -0.05) is 11.6 Å². The van der Waals surface area contributed by atoms with Crippen molar-refractivity contribution in [1.82, 2.24) is 15.0 Å². The fraction of sp³-hybridized carbons (Fsp3) is 0.368. The smallest absolute Gasteiger partial charge is 0.306 e. The molecule has 1 aromatic carbocycles. The van der Waals surface area contributed by atoms with Gasteiger partial charge in [0, 0.05) is 5.56 Å². The Morgan fingerprint density at radius 1 is 1.16 bits per heavy atom. The van der Waals surface area contributed by atoms with Crippen molar-refractivity contribution in [3.05, 3.63) is 35.4 Å². The van der Waals surface area contributed by atoms with Gasteiger partial charge in [0.1, 0.15) is 24.1 Å². The topological polar surface area (TPSA) is 133 Å². The number of imidazole rings is 1. The van der Waals surface area contributed by atoms with Gasteiger partial charge in [-0.2, -0.15) is 13.4 Å². The molecule has 0 unspecified atom stereocenters. The lowest BCUT2D eigenvalue weighted by atomic mass is 10.1. The Kier molecular flexibility index (Phi) is 5.02. The molecule has 2 aromatic heterocycles. The summed E-state index contributed by atoms with van der Waals surface area (Å²) in [6, 6.07) is 8.28. The van der Waals surface area contributed by atoms with Crippen molar-refractivity contribution in [3.63, 3.8) is 0 Å². The molecule has 2 N–H and O–H groups in total. The van der Waals surface area contributed by atoms with E-state index in [0.717, 1.165) is 6.26 Å². The minimum atomic E-state index is -3.61. The maximum atomic E-state index is 11.3. The van der Waals surface area contributed by atoms with E-state index in [0.29, 0.717) is 27.4 Å². The van der Waals surface area contributed by atoms with Crippen LogP contribution in [0.25, 0.3) is 22.4 Å². The fourth-order valence-corrected chi connectivity index (χ4v) is 4.41. The molecule has 12 heteroatoms. The summed E-state index contributed by atoms with van der Waals surface area (Å²) >= 11 is 6.41. The number of nitrogens with one attached hydrogen (secondary N) is 1. The van der Waals surface area contributed by atoms with Gasteiger partial charge in [-0.25, -0.2) is 4.98 Å². The molecule has 4 heterocycles. The third kappa shape index (κ3) is 4.06. The molecular formula is C19H18ClN3O7S. The standard InChI is InChI=1S/C19H18ClN3O7S/c1-31(25,26)30-10-4-2-9(3-5-10)15-11(20)6-12-18(22-15)23-19(21-12)29-14-8-28-16-13(24)7-27-17(14)16/h2-6,13-14,16-17,24H,7-8H2,1H3,(H,21,22,23)/t13-,14-,16-,17-/m1/s1. The van der Waals surface area contributed by atoms with E-state index in [2.05, 4.69) is 15.0 Å². The number of aromatic amines is 1. The highest BCUT2D eigenvalue weighted by molar-refractivity contribution is 7.86. The molecule has 164 valence electrons. The van der Waals surface area contributed by atoms with Crippen LogP contribution in [0.2, 0.25) is 5.02 Å². The zero-order valence-corrected chi connectivity index (χ0v) is 17.8. The Hall–Kier alpha value is -2.44. The summed E-state index contributed by atoms with van der Waals surface area (Å²) in [6.07, 6.45) is -0.846. The van der Waals surface area contributed by atoms with Crippen LogP contribution in [0.3, 0.4) is 0 Å². The van der Waals surface area contributed by atoms with Gasteiger partial charge in [-0.15, -0.1) is 0 Å². The SMILES string of the molecule is CS(=O)(=O)Oc1ccc(-c2nc3nc(O[C@@H]4CO[C@H]5[C@@H]4OC[C@H]5O)[nH]c3cc2Cl)cc1. The van der Waals surface area contributed by atoms with Gasteiger partial charge < -0.3 is 28.5 Å². The van der Waals surface area contributed by atoms with Gasteiger partial charge in [0.05, 0.1) is 35.7 Å². The summed E-state index contributed by atoms with van der Waals surface area (Å²) < 4.78 is 44.3. The van der Waals surface area contributed by atoms with Crippen LogP contribution in [-0.4, -0.2) is 72.4 Å². The van der Waals surface area contributed by atoms with Crippen molar-refractivity contribution >= 4 is 32.9 Å². The lowest BCUT2D eigenvalue weighted by molar-refractivity contribution is 0.00706. The summed E-state index contributed by atoms with van der Waals surface area (Å²) in [6.45, 7) is 0.495. The average molecular weight is 468 g/mol. The van der Waals surface area contributed by atoms with Crippen molar-refractivity contribution in [1.29, 1.82) is 0 Å². The predicted molar refractivity (Wildman–Crippen MR) is 110 cm³/mol. The zero-order valence-electron chi connectivity index (χ0n) is 16.2. The predicted octanol–water partition coefficient (Wildman–Crippen LogP) is 1.52. The van der Waals surface area contributed by atoms with Crippen molar-refractivity contribution < 1.29 is 31.9 Å². The average Bonchev–Trinajstić information content (AvgIpc) is 3.38. The molecule has 2 aliphatic heterocycles. The molecule has 5 rings (SSSR count). The number of fused-ring (bicyclic) bond motifs is 2. The van der Waals surface area contributed by atoms with Crippen LogP contribution in [-0.2, 0) is 19.6 Å². The maximum absolute atomic E-state index is 11.3. The Morgan fingerprint density at radius 2 is 1.90 bits per heavy atom. The van der Waals surface area contributed by atoms with Crippen molar-refractivity contribution in [3.8, 4) is 23.0 Å². The molecular weight excluding hydrogens is 450 g/mol. The molecule has 31 heavy (non-hydrogen) atoms. The van der Waals surface area contributed by atoms with E-state index in [1.165, 1.54) is 12.1 Å². The number of hydrogen-bond acceptors (Lipinski definition) is 9. The number of pyridine rings is 1. The largest absolute Gasteiger partial charge is 0.456 e. The van der Waals surface area contributed by atoms with Crippen molar-refractivity contribution in [2.24, 2.45) is 0 Å². The number of H-pyrrole nitrogens is 1. The minimum Gasteiger partial charge on any atom is -0.456 e. The first-order valence-corrected chi connectivity index (χ1v) is 11.6. The fourth-order valence-electron chi connectivity index (χ4n) is 3.69. The van der Waals surface area contributed by atoms with E-state index < -0.39 is 28.4 Å². The third-order valence-electron chi connectivity index (χ3n) is 5.03. The van der Waals surface area contributed by atoms with Gasteiger partial charge in [0.15, 0.2) is 11.8 Å². The monoisotopic (exact) mass is 467 g/mol. The van der Waals surface area contributed by atoms with Crippen molar-refractivity contribution in [2.45, 2.75) is 24.4 Å². The Labute approximate surface area is 182 Å². The second-order valence-corrected chi connectivity index (χ2v) is 9.35. The van der Waals surface area contributed by atoms with Gasteiger partial charge >= 0.3 is 10.1 Å². The Balaban J connectivity index is 1.38. The minimum absolute atomic E-state index is 0.190. The normalized spacial score (nSPS) is 25.6. The van der Waals surface area contributed by atoms with Gasteiger partial charge in [-0.05, 0) is 30.3 Å². The highest BCUT2D eigenvalue weighted by Gasteiger charge is 2.48. The number of aliphatic hydroxyl groups excluding tert-OH is 1. The number of aromatic nitrogens is 3. The second kappa shape index (κ2) is 7.61. The van der Waals surface area contributed by atoms with E-state index in [4.69, 9.17) is 30.0 Å². The van der Waals surface area contributed by atoms with E-state index in [9.17, 15) is 13.5 Å². The molecule has 2 aliphatic rings. The zero-order chi connectivity index (χ0) is 21.8. The first-order chi connectivity index (χ1) is 14.8. The number of hydrogen-bond donors (Lipinski definition) is 2. The van der Waals surface area contributed by atoms with E-state index in [1.807, 2.05) is 0 Å².